The molecule has 0 unspecified atom stereocenters. The molecule has 0 fully saturated rings. The van der Waals surface area contributed by atoms with E-state index in [4.69, 9.17) is 4.74 Å². The van der Waals surface area contributed by atoms with Gasteiger partial charge < -0.3 is 30.6 Å². The van der Waals surface area contributed by atoms with Gasteiger partial charge in [-0.1, -0.05) is 75.3 Å². The van der Waals surface area contributed by atoms with Crippen LogP contribution in [-0.4, -0.2) is 45.5 Å². The predicted molar refractivity (Wildman–Crippen MR) is 227 cm³/mol. The molecular weight excluding hydrogens is 717 g/mol. The molecule has 1 atom stereocenters. The van der Waals surface area contributed by atoms with Crippen molar-refractivity contribution in [3.05, 3.63) is 135 Å². The van der Waals surface area contributed by atoms with E-state index in [0.717, 1.165) is 84.6 Å². The van der Waals surface area contributed by atoms with Crippen LogP contribution in [0.1, 0.15) is 114 Å². The lowest BCUT2D eigenvalue weighted by atomic mass is 9.96. The fraction of sp³-hybridized carbons (Fsp3) is 0.319. The van der Waals surface area contributed by atoms with Gasteiger partial charge in [-0.2, -0.15) is 0 Å². The number of rotatable bonds is 19. The third kappa shape index (κ3) is 10.4. The number of hydrogen-bond donors (Lipinski definition) is 5. The average molecular weight is 769 g/mol. The highest BCUT2D eigenvalue weighted by Crippen LogP contribution is 2.34. The molecule has 1 amide bonds. The Morgan fingerprint density at radius 1 is 0.842 bits per heavy atom. The number of ether oxygens (including phenoxy) is 1. The minimum absolute atomic E-state index is 0.00415. The number of hydrogen-bond acceptors (Lipinski definition) is 8. The molecule has 57 heavy (non-hydrogen) atoms. The second-order valence-corrected chi connectivity index (χ2v) is 14.8. The number of aliphatic hydroxyl groups excluding tert-OH is 1. The van der Waals surface area contributed by atoms with Gasteiger partial charge in [0.15, 0.2) is 5.78 Å². The second-order valence-electron chi connectivity index (χ2n) is 14.8. The molecular formula is C47H52N4O6. The fourth-order valence-electron chi connectivity index (χ4n) is 7.49. The fourth-order valence-corrected chi connectivity index (χ4v) is 7.49. The Morgan fingerprint density at radius 2 is 1.60 bits per heavy atom. The van der Waals surface area contributed by atoms with Crippen molar-refractivity contribution < 1.29 is 24.5 Å². The van der Waals surface area contributed by atoms with Gasteiger partial charge in [0.2, 0.25) is 5.56 Å². The zero-order valence-corrected chi connectivity index (χ0v) is 33.0. The predicted octanol–water partition coefficient (Wildman–Crippen LogP) is 9.61. The number of pyridine rings is 2. The molecule has 0 aliphatic heterocycles. The number of fused-ring (bicyclic) bond motifs is 2. The van der Waals surface area contributed by atoms with E-state index < -0.39 is 6.10 Å². The van der Waals surface area contributed by atoms with Gasteiger partial charge in [0, 0.05) is 46.9 Å². The largest absolute Gasteiger partial charge is 0.506 e. The molecule has 2 heterocycles. The van der Waals surface area contributed by atoms with E-state index in [-0.39, 0.29) is 23.0 Å². The zero-order chi connectivity index (χ0) is 40.3. The normalized spacial score (nSPS) is 11.8. The van der Waals surface area contributed by atoms with Gasteiger partial charge in [0.25, 0.3) is 5.91 Å². The van der Waals surface area contributed by atoms with E-state index in [9.17, 15) is 24.6 Å². The number of aliphatic hydroxyl groups is 1. The lowest BCUT2D eigenvalue weighted by Gasteiger charge is -2.16. The van der Waals surface area contributed by atoms with Crippen LogP contribution in [0.3, 0.4) is 0 Å². The molecule has 296 valence electrons. The number of anilines is 2. The summed E-state index contributed by atoms with van der Waals surface area (Å²) in [4.78, 5) is 44.8. The molecule has 0 saturated carbocycles. The van der Waals surface area contributed by atoms with Crippen LogP contribution in [0.15, 0.2) is 95.9 Å². The molecule has 5 N–H and O–H groups in total. The van der Waals surface area contributed by atoms with Crippen molar-refractivity contribution in [1.82, 2.24) is 15.3 Å². The highest BCUT2D eigenvalue weighted by atomic mass is 16.5. The van der Waals surface area contributed by atoms with Crippen molar-refractivity contribution in [3.63, 3.8) is 0 Å². The molecule has 6 rings (SSSR count). The molecule has 0 bridgehead atoms. The quantitative estimate of drug-likeness (QED) is 0.0403. The number of H-pyrrole nitrogens is 1. The highest BCUT2D eigenvalue weighted by molar-refractivity contribution is 6.08. The molecule has 0 radical (unpaired) electrons. The van der Waals surface area contributed by atoms with Crippen LogP contribution in [0.2, 0.25) is 0 Å². The van der Waals surface area contributed by atoms with E-state index >= 15 is 0 Å². The van der Waals surface area contributed by atoms with Gasteiger partial charge in [-0.3, -0.25) is 19.4 Å². The Kier molecular flexibility index (Phi) is 13.7. The number of nitrogens with one attached hydrogen (secondary N) is 3. The van der Waals surface area contributed by atoms with Gasteiger partial charge in [0.05, 0.1) is 35.5 Å². The third-order valence-corrected chi connectivity index (χ3v) is 10.5. The van der Waals surface area contributed by atoms with Gasteiger partial charge in [-0.25, -0.2) is 0 Å². The number of ketones is 1. The minimum atomic E-state index is -0.658. The maximum atomic E-state index is 13.1. The zero-order valence-electron chi connectivity index (χ0n) is 33.0. The summed E-state index contributed by atoms with van der Waals surface area (Å²) >= 11 is 0. The number of nitrogens with zero attached hydrogens (tertiary/aromatic N) is 1. The monoisotopic (exact) mass is 768 g/mol. The first-order valence-corrected chi connectivity index (χ1v) is 19.9. The van der Waals surface area contributed by atoms with Crippen LogP contribution in [0, 0.1) is 6.92 Å². The van der Waals surface area contributed by atoms with E-state index in [1.54, 1.807) is 32.4 Å². The number of carbonyl (C=O) groups excluding carboxylic acids is 2. The Bertz CT molecular complexity index is 2420. The first-order chi connectivity index (χ1) is 27.6. The van der Waals surface area contributed by atoms with Gasteiger partial charge >= 0.3 is 0 Å². The number of aryl methyl sites for hydroxylation is 1. The maximum absolute atomic E-state index is 13.1. The van der Waals surface area contributed by atoms with Crippen LogP contribution in [0.4, 0.5) is 11.4 Å². The van der Waals surface area contributed by atoms with Crippen LogP contribution in [-0.2, 0) is 6.42 Å². The Morgan fingerprint density at radius 3 is 2.37 bits per heavy atom. The number of phenols is 1. The molecule has 2 aromatic heterocycles. The van der Waals surface area contributed by atoms with Gasteiger partial charge in [0.1, 0.15) is 11.5 Å². The molecule has 0 aliphatic rings. The van der Waals surface area contributed by atoms with Crippen LogP contribution < -0.4 is 20.9 Å². The summed E-state index contributed by atoms with van der Waals surface area (Å²) < 4.78 is 5.41. The Hall–Kier alpha value is -6.00. The van der Waals surface area contributed by atoms with Crippen LogP contribution >= 0.6 is 0 Å². The van der Waals surface area contributed by atoms with Gasteiger partial charge in [-0.05, 0) is 97.8 Å². The molecule has 6 aromatic rings. The van der Waals surface area contributed by atoms with Crippen molar-refractivity contribution in [3.8, 4) is 11.5 Å². The average Bonchev–Trinajstić information content (AvgIpc) is 3.20. The molecule has 0 aliphatic carbocycles. The number of unbranched alkanes of at least 4 members (excludes halogenated alkanes) is 7. The summed E-state index contributed by atoms with van der Waals surface area (Å²) in [6.45, 7) is 4.19. The smallest absolute Gasteiger partial charge is 0.251 e. The minimum Gasteiger partial charge on any atom is -0.506 e. The number of methoxy groups -OCH3 is 1. The van der Waals surface area contributed by atoms with Crippen molar-refractivity contribution in [2.75, 3.05) is 19.0 Å². The number of Topliss-reactive ketones (excluding diaryl/α,β-unsaturated/α-hetero) is 1. The molecule has 0 saturated heterocycles. The summed E-state index contributed by atoms with van der Waals surface area (Å²) in [6, 6.07) is 25.8. The van der Waals surface area contributed by atoms with Crippen molar-refractivity contribution >= 4 is 44.9 Å². The summed E-state index contributed by atoms with van der Waals surface area (Å²) in [5.74, 6) is 0.542. The third-order valence-electron chi connectivity index (χ3n) is 10.5. The lowest BCUT2D eigenvalue weighted by molar-refractivity contribution is 0.0951. The SMILES string of the molecule is COc1cccc(Nc2c(C(C)=O)cnc3c(C)cc(Cc4cccc(C(=O)NCCCCCCCCCC[C@@H](O)c5ccc(O)c6[nH]c(=O)ccc56)c4)cc23)c1. The first-order valence-electron chi connectivity index (χ1n) is 19.9. The standard InChI is InChI=1S/C47H52N4O6/c1-30-24-33(27-39-44(30)49-29-40(31(2)52)45(39)50-35-16-13-17-36(28-35)57-3)25-32-14-12-15-34(26-32)47(56)48-23-11-9-7-5-4-6-8-10-18-41(53)37-19-21-42(54)46-38(37)20-22-43(55)51-46/h12-17,19-22,24,26-29,41,53-54H,4-11,18,23,25H2,1-3H3,(H,48,56)(H,49,50)(H,51,55)/t41-/m1/s1. The van der Waals surface area contributed by atoms with Crippen molar-refractivity contribution in [1.29, 1.82) is 0 Å². The maximum Gasteiger partial charge on any atom is 0.251 e. The molecule has 0 spiro atoms. The molecule has 10 heteroatoms. The number of amides is 1. The van der Waals surface area contributed by atoms with Crippen molar-refractivity contribution in [2.24, 2.45) is 0 Å². The van der Waals surface area contributed by atoms with Crippen molar-refractivity contribution in [2.45, 2.75) is 84.2 Å². The van der Waals surface area contributed by atoms with E-state index in [2.05, 4.69) is 32.7 Å². The number of phenolic OH excluding ortho intramolecular Hbond substituents is 1. The number of aromatic amines is 1. The lowest BCUT2D eigenvalue weighted by Crippen LogP contribution is -2.24. The van der Waals surface area contributed by atoms with E-state index in [0.29, 0.717) is 58.4 Å². The molecule has 4 aromatic carbocycles. The summed E-state index contributed by atoms with van der Waals surface area (Å²) in [6.07, 6.45) is 10.6. The van der Waals surface area contributed by atoms with E-state index in [1.807, 2.05) is 55.5 Å². The summed E-state index contributed by atoms with van der Waals surface area (Å²) in [7, 11) is 1.62. The van der Waals surface area contributed by atoms with Crippen LogP contribution in [0.5, 0.6) is 11.5 Å². The number of benzene rings is 4. The Labute approximate surface area is 333 Å². The van der Waals surface area contributed by atoms with E-state index in [1.165, 1.54) is 12.1 Å². The van der Waals surface area contributed by atoms with Crippen LogP contribution in [0.25, 0.3) is 21.8 Å². The number of carbonyl (C=O) groups is 2. The highest BCUT2D eigenvalue weighted by Gasteiger charge is 2.17. The second kappa shape index (κ2) is 19.2. The summed E-state index contributed by atoms with van der Waals surface area (Å²) in [5, 5.41) is 29.0. The molecule has 10 nitrogen and oxygen atoms in total. The number of aromatic nitrogens is 2. The summed E-state index contributed by atoms with van der Waals surface area (Å²) in [5.41, 5.74) is 7.30. The van der Waals surface area contributed by atoms with Gasteiger partial charge in [-0.15, -0.1) is 0 Å². The first kappa shape index (κ1) is 40.7. The number of aromatic hydroxyl groups is 1. The Balaban J connectivity index is 0.941. The topological polar surface area (TPSA) is 154 Å².